The fourth-order valence-electron chi connectivity index (χ4n) is 4.17. The fraction of sp³-hybridized carbons (Fsp3) is 0. The van der Waals surface area contributed by atoms with Crippen LogP contribution < -0.4 is 4.90 Å². The van der Waals surface area contributed by atoms with E-state index in [1.807, 2.05) is 24.3 Å². The molecular weight excluding hydrogens is 499 g/mol. The predicted octanol–water partition coefficient (Wildman–Crippen LogP) is 10.2. The van der Waals surface area contributed by atoms with Gasteiger partial charge in [-0.15, -0.1) is 34.0 Å². The van der Waals surface area contributed by atoms with Gasteiger partial charge in [0.15, 0.2) is 6.29 Å². The summed E-state index contributed by atoms with van der Waals surface area (Å²) in [4.78, 5) is 18.9. The van der Waals surface area contributed by atoms with Crippen LogP contribution in [-0.4, -0.2) is 6.29 Å². The lowest BCUT2D eigenvalue weighted by atomic mass is 10.1. The van der Waals surface area contributed by atoms with Crippen molar-refractivity contribution in [3.63, 3.8) is 0 Å². The average molecular weight is 520 g/mol. The van der Waals surface area contributed by atoms with Crippen LogP contribution >= 0.6 is 34.0 Å². The lowest BCUT2D eigenvalue weighted by molar-refractivity contribution is 0.112. The highest BCUT2D eigenvalue weighted by atomic mass is 32.1. The van der Waals surface area contributed by atoms with E-state index in [2.05, 4.69) is 101 Å². The number of nitrogens with zero attached hydrogens (tertiary/aromatic N) is 1. The van der Waals surface area contributed by atoms with Gasteiger partial charge in [0.25, 0.3) is 0 Å². The molecule has 0 aliphatic rings. The van der Waals surface area contributed by atoms with E-state index in [4.69, 9.17) is 0 Å². The Bertz CT molecular complexity index is 1560. The van der Waals surface area contributed by atoms with Crippen LogP contribution in [0.1, 0.15) is 9.67 Å². The molecule has 0 N–H and O–H groups in total. The molecule has 174 valence electrons. The highest BCUT2D eigenvalue weighted by Crippen LogP contribution is 2.41. The molecule has 0 amide bonds. The summed E-state index contributed by atoms with van der Waals surface area (Å²) < 4.78 is 0. The van der Waals surface area contributed by atoms with E-state index >= 15 is 0 Å². The summed E-state index contributed by atoms with van der Waals surface area (Å²) in [7, 11) is 0. The van der Waals surface area contributed by atoms with Crippen LogP contribution in [0.25, 0.3) is 30.6 Å². The third kappa shape index (κ3) is 4.56. The highest BCUT2D eigenvalue weighted by Gasteiger charge is 2.13. The first-order valence-corrected chi connectivity index (χ1v) is 14.0. The largest absolute Gasteiger partial charge is 0.311 e. The molecule has 0 aliphatic carbocycles. The molecule has 3 heterocycles. The molecule has 0 spiro atoms. The fourth-order valence-corrected chi connectivity index (χ4v) is 7.11. The van der Waals surface area contributed by atoms with Gasteiger partial charge in [0.1, 0.15) is 0 Å². The molecule has 0 bridgehead atoms. The topological polar surface area (TPSA) is 20.3 Å². The number of benzene rings is 3. The maximum Gasteiger partial charge on any atom is 0.160 e. The van der Waals surface area contributed by atoms with Crippen LogP contribution in [0.2, 0.25) is 0 Å². The molecule has 6 aromatic rings. The minimum Gasteiger partial charge on any atom is -0.311 e. The van der Waals surface area contributed by atoms with Crippen molar-refractivity contribution >= 4 is 57.4 Å². The molecule has 3 aromatic carbocycles. The Balaban J connectivity index is 1.27. The van der Waals surface area contributed by atoms with Crippen molar-refractivity contribution in [2.75, 3.05) is 4.90 Å². The Morgan fingerprint density at radius 1 is 0.528 bits per heavy atom. The Kier molecular flexibility index (Phi) is 6.35. The second kappa shape index (κ2) is 10.1. The molecule has 0 fully saturated rings. The number of carbonyl (C=O) groups excluding carboxylic acids is 1. The molecule has 0 unspecified atom stereocenters. The van der Waals surface area contributed by atoms with Crippen LogP contribution in [0.4, 0.5) is 17.1 Å². The van der Waals surface area contributed by atoms with E-state index in [-0.39, 0.29) is 0 Å². The molecule has 2 nitrogen and oxygen atoms in total. The number of rotatable bonds is 7. The third-order valence-electron chi connectivity index (χ3n) is 5.92. The van der Waals surface area contributed by atoms with Gasteiger partial charge in [-0.1, -0.05) is 48.5 Å². The van der Waals surface area contributed by atoms with Crippen LogP contribution in [0, 0.1) is 0 Å². The van der Waals surface area contributed by atoms with Crippen LogP contribution in [0.15, 0.2) is 121 Å². The molecule has 0 saturated heterocycles. The van der Waals surface area contributed by atoms with E-state index in [0.29, 0.717) is 0 Å². The Hall–Kier alpha value is -3.77. The van der Waals surface area contributed by atoms with Crippen molar-refractivity contribution < 1.29 is 4.79 Å². The van der Waals surface area contributed by atoms with Crippen LogP contribution in [-0.2, 0) is 0 Å². The van der Waals surface area contributed by atoms with E-state index in [1.165, 1.54) is 37.1 Å². The monoisotopic (exact) mass is 519 g/mol. The first-order valence-electron chi connectivity index (χ1n) is 11.5. The van der Waals surface area contributed by atoms with Gasteiger partial charge in [0.05, 0.1) is 4.88 Å². The summed E-state index contributed by atoms with van der Waals surface area (Å²) in [6, 6.07) is 40.2. The molecular formula is C31H21NOS3. The molecule has 0 radical (unpaired) electrons. The Labute approximate surface area is 222 Å². The van der Waals surface area contributed by atoms with Crippen LogP contribution in [0.3, 0.4) is 0 Å². The molecule has 0 aliphatic heterocycles. The van der Waals surface area contributed by atoms with Gasteiger partial charge in [0.2, 0.25) is 0 Å². The normalized spacial score (nSPS) is 10.9. The maximum atomic E-state index is 11.0. The van der Waals surface area contributed by atoms with E-state index in [9.17, 15) is 4.79 Å². The molecule has 3 aromatic heterocycles. The van der Waals surface area contributed by atoms with Crippen molar-refractivity contribution in [1.82, 2.24) is 0 Å². The minimum atomic E-state index is 0.764. The van der Waals surface area contributed by atoms with E-state index in [1.54, 1.807) is 22.7 Å². The summed E-state index contributed by atoms with van der Waals surface area (Å²) in [5, 5.41) is 2.23. The van der Waals surface area contributed by atoms with Crippen molar-refractivity contribution in [2.24, 2.45) is 0 Å². The van der Waals surface area contributed by atoms with Gasteiger partial charge in [-0.2, -0.15) is 0 Å². The van der Waals surface area contributed by atoms with Gasteiger partial charge in [-0.05, 0) is 83.2 Å². The number of hydrogen-bond donors (Lipinski definition) is 0. The zero-order chi connectivity index (χ0) is 24.3. The summed E-state index contributed by atoms with van der Waals surface area (Å²) in [6.07, 6.45) is 0.915. The minimum absolute atomic E-state index is 0.764. The smallest absolute Gasteiger partial charge is 0.160 e. The molecule has 36 heavy (non-hydrogen) atoms. The van der Waals surface area contributed by atoms with Gasteiger partial charge in [-0.3, -0.25) is 4.79 Å². The summed E-state index contributed by atoms with van der Waals surface area (Å²) in [6.45, 7) is 0. The van der Waals surface area contributed by atoms with Crippen LogP contribution in [0.5, 0.6) is 0 Å². The van der Waals surface area contributed by atoms with E-state index < -0.39 is 0 Å². The number of thiophene rings is 3. The van der Waals surface area contributed by atoms with Gasteiger partial charge in [0, 0.05) is 36.6 Å². The number of aldehydes is 1. The molecule has 5 heteroatoms. The lowest BCUT2D eigenvalue weighted by Crippen LogP contribution is -2.09. The van der Waals surface area contributed by atoms with Gasteiger partial charge < -0.3 is 4.90 Å². The standard InChI is InChI=1S/C31H21NOS3/c33-20-27-15-16-28(35-27)29-17-18-30(36-29)31-19-23(21-34-31)22-11-13-26(14-12-22)32(24-7-3-1-4-8-24)25-9-5-2-6-10-25/h1-21H. The number of hydrogen-bond acceptors (Lipinski definition) is 5. The average Bonchev–Trinajstić information content (AvgIpc) is 3.71. The first-order chi connectivity index (χ1) is 17.8. The number of para-hydroxylation sites is 2. The van der Waals surface area contributed by atoms with Gasteiger partial charge in [-0.25, -0.2) is 0 Å². The SMILES string of the molecule is O=Cc1ccc(-c2ccc(-c3cc(-c4ccc(N(c5ccccc5)c5ccccc5)cc4)cs3)s2)s1. The summed E-state index contributed by atoms with van der Waals surface area (Å²) >= 11 is 5.08. The quantitative estimate of drug-likeness (QED) is 0.196. The Morgan fingerprint density at radius 3 is 1.69 bits per heavy atom. The van der Waals surface area contributed by atoms with Crippen molar-refractivity contribution in [3.8, 4) is 30.6 Å². The molecule has 0 saturated carbocycles. The van der Waals surface area contributed by atoms with E-state index in [0.717, 1.165) is 33.1 Å². The Morgan fingerprint density at radius 2 is 1.08 bits per heavy atom. The number of carbonyl (C=O) groups is 1. The second-order valence-electron chi connectivity index (χ2n) is 8.24. The maximum absolute atomic E-state index is 11.0. The summed E-state index contributed by atoms with van der Waals surface area (Å²) in [5.41, 5.74) is 5.82. The third-order valence-corrected chi connectivity index (χ3v) is 9.34. The predicted molar refractivity (Wildman–Crippen MR) is 156 cm³/mol. The molecule has 6 rings (SSSR count). The van der Waals surface area contributed by atoms with Crippen molar-refractivity contribution in [2.45, 2.75) is 0 Å². The zero-order valence-corrected chi connectivity index (χ0v) is 21.7. The lowest BCUT2D eigenvalue weighted by Gasteiger charge is -2.25. The first kappa shape index (κ1) is 22.7. The zero-order valence-electron chi connectivity index (χ0n) is 19.2. The second-order valence-corrected chi connectivity index (χ2v) is 11.3. The van der Waals surface area contributed by atoms with Crippen molar-refractivity contribution in [3.05, 3.63) is 126 Å². The molecule has 0 atom stereocenters. The summed E-state index contributed by atoms with van der Waals surface area (Å²) in [5.74, 6) is 0. The number of anilines is 3. The van der Waals surface area contributed by atoms with Gasteiger partial charge >= 0.3 is 0 Å². The van der Waals surface area contributed by atoms with Crippen molar-refractivity contribution in [1.29, 1.82) is 0 Å². The highest BCUT2D eigenvalue weighted by molar-refractivity contribution is 7.26.